The molecule has 24 heavy (non-hydrogen) atoms. The number of carbonyl (C=O) groups is 1. The number of carbonyl (C=O) groups excluding carboxylic acids is 1. The van der Waals surface area contributed by atoms with Gasteiger partial charge in [0.25, 0.3) is 0 Å². The molecular formula is C18H17NO5. The van der Waals surface area contributed by atoms with Gasteiger partial charge in [0.2, 0.25) is 5.90 Å². The molecule has 1 heterocycles. The van der Waals surface area contributed by atoms with Crippen molar-refractivity contribution in [2.45, 2.75) is 25.7 Å². The van der Waals surface area contributed by atoms with Crippen LogP contribution in [0, 0.1) is 0 Å². The smallest absolute Gasteiger partial charge is 0.335 e. The summed E-state index contributed by atoms with van der Waals surface area (Å²) in [7, 11) is 0. The fraction of sp³-hybridized carbons (Fsp3) is 0.222. The Morgan fingerprint density at radius 1 is 1.17 bits per heavy atom. The van der Waals surface area contributed by atoms with E-state index in [1.54, 1.807) is 19.1 Å². The average Bonchev–Trinajstić information content (AvgIpc) is 2.98. The summed E-state index contributed by atoms with van der Waals surface area (Å²) in [5.41, 5.74) is 1.12. The number of rotatable bonds is 4. The molecule has 2 N–H and O–H groups in total. The molecule has 0 amide bonds. The van der Waals surface area contributed by atoms with Gasteiger partial charge in [0.1, 0.15) is 12.7 Å². The summed E-state index contributed by atoms with van der Waals surface area (Å²) in [6.07, 6.45) is -0.523. The summed E-state index contributed by atoms with van der Waals surface area (Å²) in [5.74, 6) is -0.998. The molecule has 1 aliphatic heterocycles. The van der Waals surface area contributed by atoms with Crippen molar-refractivity contribution >= 4 is 11.9 Å². The van der Waals surface area contributed by atoms with Gasteiger partial charge in [0.15, 0.2) is 17.5 Å². The van der Waals surface area contributed by atoms with Crippen LogP contribution in [-0.2, 0) is 20.9 Å². The Hall–Kier alpha value is -3.02. The highest BCUT2D eigenvalue weighted by atomic mass is 16.5. The molecule has 3 rings (SSSR count). The van der Waals surface area contributed by atoms with E-state index in [0.717, 1.165) is 5.56 Å². The van der Waals surface area contributed by atoms with E-state index in [-0.39, 0.29) is 29.6 Å². The number of hydrogen-bond donors (Lipinski definition) is 2. The van der Waals surface area contributed by atoms with Gasteiger partial charge in [0.05, 0.1) is 5.56 Å². The lowest BCUT2D eigenvalue weighted by atomic mass is 10.2. The first-order chi connectivity index (χ1) is 11.6. The highest BCUT2D eigenvalue weighted by molar-refractivity contribution is 6.00. The first-order valence-corrected chi connectivity index (χ1v) is 7.52. The normalized spacial score (nSPS) is 19.5. The van der Waals surface area contributed by atoms with Crippen molar-refractivity contribution in [1.29, 1.82) is 0 Å². The third-order valence-corrected chi connectivity index (χ3v) is 3.71. The molecule has 0 saturated carbocycles. The lowest BCUT2D eigenvalue weighted by Gasteiger charge is -2.12. The van der Waals surface area contributed by atoms with Gasteiger partial charge >= 0.3 is 5.97 Å². The van der Waals surface area contributed by atoms with Gasteiger partial charge < -0.3 is 19.7 Å². The molecule has 0 unspecified atom stereocenters. The second-order valence-corrected chi connectivity index (χ2v) is 5.47. The van der Waals surface area contributed by atoms with E-state index >= 15 is 0 Å². The second kappa shape index (κ2) is 6.62. The molecule has 6 nitrogen and oxygen atoms in total. The Morgan fingerprint density at radius 2 is 1.92 bits per heavy atom. The first kappa shape index (κ1) is 15.9. The van der Waals surface area contributed by atoms with Crippen LogP contribution in [0.25, 0.3) is 0 Å². The SMILES string of the molecule is C[C@H]1OC(c2cccc(O)c2O)=N[C@@H]1C(=O)OCc1ccccc1. The number of para-hydroxylation sites is 1. The molecule has 2 aromatic carbocycles. The van der Waals surface area contributed by atoms with Crippen LogP contribution in [0.2, 0.25) is 0 Å². The minimum atomic E-state index is -0.814. The average molecular weight is 327 g/mol. The Bertz CT molecular complexity index is 772. The zero-order valence-corrected chi connectivity index (χ0v) is 13.0. The van der Waals surface area contributed by atoms with Crippen LogP contribution in [0.3, 0.4) is 0 Å². The summed E-state index contributed by atoms with van der Waals surface area (Å²) < 4.78 is 10.8. The molecule has 0 fully saturated rings. The number of phenols is 2. The monoisotopic (exact) mass is 327 g/mol. The number of hydrogen-bond acceptors (Lipinski definition) is 6. The van der Waals surface area contributed by atoms with E-state index < -0.39 is 18.1 Å². The Labute approximate surface area is 139 Å². The van der Waals surface area contributed by atoms with E-state index in [0.29, 0.717) is 0 Å². The lowest BCUT2D eigenvalue weighted by molar-refractivity contribution is -0.147. The van der Waals surface area contributed by atoms with Crippen LogP contribution in [0.4, 0.5) is 0 Å². The number of aromatic hydroxyl groups is 2. The molecule has 0 radical (unpaired) electrons. The van der Waals surface area contributed by atoms with Gasteiger partial charge in [-0.1, -0.05) is 36.4 Å². The molecule has 1 aliphatic rings. The maximum atomic E-state index is 12.2. The van der Waals surface area contributed by atoms with Crippen molar-refractivity contribution in [1.82, 2.24) is 0 Å². The highest BCUT2D eigenvalue weighted by Gasteiger charge is 2.36. The van der Waals surface area contributed by atoms with Gasteiger partial charge in [-0.15, -0.1) is 0 Å². The second-order valence-electron chi connectivity index (χ2n) is 5.47. The van der Waals surface area contributed by atoms with Gasteiger partial charge in [0, 0.05) is 0 Å². The number of aliphatic imine (C=N–C) groups is 1. The zero-order chi connectivity index (χ0) is 17.1. The van der Waals surface area contributed by atoms with Crippen molar-refractivity contribution in [2.75, 3.05) is 0 Å². The number of benzene rings is 2. The number of ether oxygens (including phenoxy) is 2. The van der Waals surface area contributed by atoms with E-state index in [1.165, 1.54) is 6.07 Å². The Balaban J connectivity index is 1.73. The fourth-order valence-corrected chi connectivity index (χ4v) is 2.40. The van der Waals surface area contributed by atoms with Crippen LogP contribution in [0.15, 0.2) is 53.5 Å². The number of nitrogens with zero attached hydrogens (tertiary/aromatic N) is 1. The summed E-state index contributed by atoms with van der Waals surface area (Å²) in [6.45, 7) is 1.86. The quantitative estimate of drug-likeness (QED) is 0.665. The molecule has 2 aromatic rings. The molecule has 124 valence electrons. The Morgan fingerprint density at radius 3 is 2.67 bits per heavy atom. The summed E-state index contributed by atoms with van der Waals surface area (Å²) >= 11 is 0. The largest absolute Gasteiger partial charge is 0.504 e. The van der Waals surface area contributed by atoms with Crippen molar-refractivity contribution in [3.63, 3.8) is 0 Å². The van der Waals surface area contributed by atoms with E-state index in [4.69, 9.17) is 9.47 Å². The number of phenolic OH excluding ortho intramolecular Hbond substituents is 2. The molecule has 6 heteroatoms. The molecule has 0 spiro atoms. The predicted octanol–water partition coefficient (Wildman–Crippen LogP) is 2.38. The van der Waals surface area contributed by atoms with Crippen LogP contribution in [0.5, 0.6) is 11.5 Å². The summed E-state index contributed by atoms with van der Waals surface area (Å²) in [5, 5.41) is 19.5. The topological polar surface area (TPSA) is 88.4 Å². The molecule has 0 aliphatic carbocycles. The molecule has 0 bridgehead atoms. The molecule has 0 saturated heterocycles. The van der Waals surface area contributed by atoms with Gasteiger partial charge in [-0.05, 0) is 24.6 Å². The third-order valence-electron chi connectivity index (χ3n) is 3.71. The third kappa shape index (κ3) is 3.17. The molecule has 2 atom stereocenters. The maximum absolute atomic E-state index is 12.2. The minimum Gasteiger partial charge on any atom is -0.504 e. The van der Waals surface area contributed by atoms with Crippen molar-refractivity contribution < 1.29 is 24.5 Å². The first-order valence-electron chi connectivity index (χ1n) is 7.52. The van der Waals surface area contributed by atoms with Crippen molar-refractivity contribution in [3.05, 3.63) is 59.7 Å². The highest BCUT2D eigenvalue weighted by Crippen LogP contribution is 2.31. The van der Waals surface area contributed by atoms with Crippen molar-refractivity contribution in [3.8, 4) is 11.5 Å². The van der Waals surface area contributed by atoms with E-state index in [2.05, 4.69) is 4.99 Å². The minimum absolute atomic E-state index is 0.109. The Kier molecular flexibility index (Phi) is 4.37. The van der Waals surface area contributed by atoms with Crippen LogP contribution < -0.4 is 0 Å². The maximum Gasteiger partial charge on any atom is 0.335 e. The van der Waals surface area contributed by atoms with Crippen LogP contribution >= 0.6 is 0 Å². The zero-order valence-electron chi connectivity index (χ0n) is 13.0. The van der Waals surface area contributed by atoms with E-state index in [1.807, 2.05) is 30.3 Å². The lowest BCUT2D eigenvalue weighted by Crippen LogP contribution is -2.29. The molecule has 0 aromatic heterocycles. The standard InChI is InChI=1S/C18H17NO5/c1-11-15(18(22)23-10-12-6-3-2-4-7-12)19-17(24-11)13-8-5-9-14(20)16(13)21/h2-9,11,15,20-21H,10H2,1H3/t11-,15+/m1/s1. The summed E-state index contributed by atoms with van der Waals surface area (Å²) in [4.78, 5) is 16.4. The van der Waals surface area contributed by atoms with Crippen LogP contribution in [-0.4, -0.2) is 34.2 Å². The predicted molar refractivity (Wildman–Crippen MR) is 86.9 cm³/mol. The molecular weight excluding hydrogens is 310 g/mol. The van der Waals surface area contributed by atoms with E-state index in [9.17, 15) is 15.0 Å². The van der Waals surface area contributed by atoms with Gasteiger partial charge in [-0.25, -0.2) is 9.79 Å². The van der Waals surface area contributed by atoms with Gasteiger partial charge in [-0.2, -0.15) is 0 Å². The van der Waals surface area contributed by atoms with Gasteiger partial charge in [-0.3, -0.25) is 0 Å². The van der Waals surface area contributed by atoms with Crippen LogP contribution in [0.1, 0.15) is 18.1 Å². The summed E-state index contributed by atoms with van der Waals surface area (Å²) in [6, 6.07) is 13.0. The number of esters is 1. The van der Waals surface area contributed by atoms with Crippen molar-refractivity contribution in [2.24, 2.45) is 4.99 Å². The fourth-order valence-electron chi connectivity index (χ4n) is 2.40.